The Bertz CT molecular complexity index is 1160. The molecule has 1 aromatic carbocycles. The van der Waals surface area contributed by atoms with Gasteiger partial charge in [-0.1, -0.05) is 17.7 Å². The van der Waals surface area contributed by atoms with Crippen molar-refractivity contribution in [2.24, 2.45) is 0 Å². The third-order valence-corrected chi connectivity index (χ3v) is 4.34. The number of nitrogens with one attached hydrogen (secondary N) is 1. The van der Waals surface area contributed by atoms with Crippen molar-refractivity contribution in [1.82, 2.24) is 29.6 Å². The van der Waals surface area contributed by atoms with E-state index in [4.69, 9.17) is 0 Å². The van der Waals surface area contributed by atoms with Gasteiger partial charge in [0.05, 0.1) is 22.8 Å². The number of alkyl halides is 3. The van der Waals surface area contributed by atoms with Crippen molar-refractivity contribution in [3.8, 4) is 5.69 Å². The Morgan fingerprint density at radius 2 is 1.61 bits per heavy atom. The van der Waals surface area contributed by atoms with Crippen LogP contribution in [0.5, 0.6) is 0 Å². The molecule has 28 heavy (non-hydrogen) atoms. The second-order valence-corrected chi connectivity index (χ2v) is 6.43. The molecule has 0 saturated heterocycles. The number of rotatable bonds is 3. The summed E-state index contributed by atoms with van der Waals surface area (Å²) in [6, 6.07) is 10.8. The van der Waals surface area contributed by atoms with Crippen molar-refractivity contribution < 1.29 is 13.2 Å². The zero-order valence-electron chi connectivity index (χ0n) is 15.3. The highest BCUT2D eigenvalue weighted by Crippen LogP contribution is 2.29. The van der Waals surface area contributed by atoms with Crippen LogP contribution < -0.4 is 5.32 Å². The fraction of sp³-hybridized carbons (Fsp3) is 0.222. The summed E-state index contributed by atoms with van der Waals surface area (Å²) >= 11 is 0. The van der Waals surface area contributed by atoms with Gasteiger partial charge in [-0.15, -0.1) is 15.3 Å². The Labute approximate surface area is 157 Å². The topological polar surface area (TPSA) is 72.9 Å². The van der Waals surface area contributed by atoms with Gasteiger partial charge < -0.3 is 5.32 Å². The predicted octanol–water partition coefficient (Wildman–Crippen LogP) is 4.00. The van der Waals surface area contributed by atoms with Crippen molar-refractivity contribution in [3.63, 3.8) is 0 Å². The molecule has 0 aliphatic heterocycles. The number of aryl methyl sites for hydroxylation is 2. The molecule has 0 aliphatic rings. The third-order valence-electron chi connectivity index (χ3n) is 4.34. The predicted molar refractivity (Wildman–Crippen MR) is 96.8 cm³/mol. The molecule has 3 heterocycles. The first-order valence-electron chi connectivity index (χ1n) is 8.44. The lowest BCUT2D eigenvalue weighted by molar-refractivity contribution is -0.146. The number of hydrogen-bond acceptors (Lipinski definition) is 5. The Morgan fingerprint density at radius 3 is 2.29 bits per heavy atom. The minimum absolute atomic E-state index is 0.0154. The highest BCUT2D eigenvalue weighted by Gasteiger charge is 2.37. The van der Waals surface area contributed by atoms with E-state index in [-0.39, 0.29) is 11.5 Å². The van der Waals surface area contributed by atoms with E-state index >= 15 is 0 Å². The van der Waals surface area contributed by atoms with Gasteiger partial charge >= 0.3 is 6.18 Å². The molecule has 0 bridgehead atoms. The third kappa shape index (κ3) is 3.06. The Morgan fingerprint density at radius 1 is 0.893 bits per heavy atom. The van der Waals surface area contributed by atoms with Gasteiger partial charge in [0.2, 0.25) is 0 Å². The first kappa shape index (κ1) is 18.0. The Hall–Kier alpha value is -3.43. The first-order valence-corrected chi connectivity index (χ1v) is 8.44. The van der Waals surface area contributed by atoms with Crippen LogP contribution in [0.25, 0.3) is 11.3 Å². The number of aromatic nitrogens is 6. The molecule has 4 aromatic rings. The van der Waals surface area contributed by atoms with Crippen LogP contribution in [0, 0.1) is 20.8 Å². The summed E-state index contributed by atoms with van der Waals surface area (Å²) in [6.07, 6.45) is -4.65. The normalized spacial score (nSPS) is 11.9. The van der Waals surface area contributed by atoms with E-state index in [2.05, 4.69) is 25.7 Å². The van der Waals surface area contributed by atoms with Gasteiger partial charge in [-0.3, -0.25) is 0 Å². The van der Waals surface area contributed by atoms with Crippen LogP contribution >= 0.6 is 0 Å². The van der Waals surface area contributed by atoms with Crippen molar-refractivity contribution in [3.05, 3.63) is 59.2 Å². The molecule has 1 N–H and O–H groups in total. The van der Waals surface area contributed by atoms with Gasteiger partial charge in [0.25, 0.3) is 5.82 Å². The second kappa shape index (κ2) is 6.32. The Balaban J connectivity index is 1.72. The van der Waals surface area contributed by atoms with Gasteiger partial charge in [-0.25, -0.2) is 4.68 Å². The van der Waals surface area contributed by atoms with E-state index < -0.39 is 12.0 Å². The molecule has 0 atom stereocenters. The number of nitrogens with zero attached hydrogens (tertiary/aromatic N) is 6. The summed E-state index contributed by atoms with van der Waals surface area (Å²) in [5.41, 5.74) is 4.22. The lowest BCUT2D eigenvalue weighted by Crippen LogP contribution is -2.13. The SMILES string of the molecule is Cc1ccc(-n2nc(C)c(Nc3ccc4nnc(C(F)(F)F)n4n3)c2C)cc1. The van der Waals surface area contributed by atoms with Crippen molar-refractivity contribution in [2.45, 2.75) is 26.9 Å². The molecule has 0 aliphatic carbocycles. The molecule has 4 rings (SSSR count). The first-order chi connectivity index (χ1) is 13.2. The molecule has 0 unspecified atom stereocenters. The molecule has 7 nitrogen and oxygen atoms in total. The summed E-state index contributed by atoms with van der Waals surface area (Å²) in [6.45, 7) is 5.69. The van der Waals surface area contributed by atoms with Crippen LogP contribution in [0.1, 0.15) is 22.8 Å². The summed E-state index contributed by atoms with van der Waals surface area (Å²) in [5.74, 6) is -0.942. The monoisotopic (exact) mass is 387 g/mol. The minimum Gasteiger partial charge on any atom is -0.336 e. The lowest BCUT2D eigenvalue weighted by atomic mass is 10.2. The highest BCUT2D eigenvalue weighted by atomic mass is 19.4. The summed E-state index contributed by atoms with van der Waals surface area (Å²) in [7, 11) is 0. The van der Waals surface area contributed by atoms with Crippen LogP contribution in [-0.4, -0.2) is 29.6 Å². The number of halogens is 3. The maximum atomic E-state index is 13.1. The van der Waals surface area contributed by atoms with E-state index in [0.717, 1.165) is 16.9 Å². The molecule has 0 amide bonds. The lowest BCUT2D eigenvalue weighted by Gasteiger charge is -2.09. The average Bonchev–Trinajstić information content (AvgIpc) is 3.18. The average molecular weight is 387 g/mol. The van der Waals surface area contributed by atoms with Gasteiger partial charge in [0, 0.05) is 0 Å². The smallest absolute Gasteiger partial charge is 0.336 e. The van der Waals surface area contributed by atoms with Crippen molar-refractivity contribution in [1.29, 1.82) is 0 Å². The minimum atomic E-state index is -4.65. The van der Waals surface area contributed by atoms with Crippen LogP contribution in [0.2, 0.25) is 0 Å². The number of anilines is 2. The quantitative estimate of drug-likeness (QED) is 0.575. The standard InChI is InChI=1S/C18H16F3N7/c1-10-4-6-13(7-5-10)27-12(3)16(11(2)25-27)22-14-8-9-15-23-24-17(18(19,20)21)28(15)26-14/h4-9H,1-3H3,(H,22,26). The summed E-state index contributed by atoms with van der Waals surface area (Å²) in [5, 5.41) is 18.3. The van der Waals surface area contributed by atoms with Crippen molar-refractivity contribution >= 4 is 17.2 Å². The van der Waals surface area contributed by atoms with Gasteiger partial charge in [0.15, 0.2) is 11.5 Å². The van der Waals surface area contributed by atoms with Gasteiger partial charge in [-0.05, 0) is 45.0 Å². The van der Waals surface area contributed by atoms with E-state index in [1.165, 1.54) is 6.07 Å². The fourth-order valence-electron chi connectivity index (χ4n) is 2.92. The van der Waals surface area contributed by atoms with Crippen molar-refractivity contribution in [2.75, 3.05) is 5.32 Å². The Kier molecular flexibility index (Phi) is 4.06. The second-order valence-electron chi connectivity index (χ2n) is 6.43. The van der Waals surface area contributed by atoms with Gasteiger partial charge in [-0.2, -0.15) is 22.8 Å². The van der Waals surface area contributed by atoms with Gasteiger partial charge in [0.1, 0.15) is 0 Å². The molecule has 10 heteroatoms. The fourth-order valence-corrected chi connectivity index (χ4v) is 2.92. The molecular weight excluding hydrogens is 371 g/mol. The maximum absolute atomic E-state index is 13.1. The molecular formula is C18H16F3N7. The largest absolute Gasteiger partial charge is 0.453 e. The zero-order valence-corrected chi connectivity index (χ0v) is 15.3. The van der Waals surface area contributed by atoms with E-state index in [1.807, 2.05) is 45.0 Å². The summed E-state index contributed by atoms with van der Waals surface area (Å²) < 4.78 is 41.6. The highest BCUT2D eigenvalue weighted by molar-refractivity contribution is 5.63. The molecule has 0 saturated carbocycles. The molecule has 0 fully saturated rings. The molecule has 0 spiro atoms. The molecule has 3 aromatic heterocycles. The number of benzene rings is 1. The van der Waals surface area contributed by atoms with Crippen LogP contribution in [0.4, 0.5) is 24.7 Å². The van der Waals surface area contributed by atoms with Crippen LogP contribution in [0.15, 0.2) is 36.4 Å². The zero-order chi connectivity index (χ0) is 20.1. The number of hydrogen-bond donors (Lipinski definition) is 1. The maximum Gasteiger partial charge on any atom is 0.453 e. The molecule has 144 valence electrons. The van der Waals surface area contributed by atoms with E-state index in [9.17, 15) is 13.2 Å². The summed E-state index contributed by atoms with van der Waals surface area (Å²) in [4.78, 5) is 0. The number of fused-ring (bicyclic) bond motifs is 1. The van der Waals surface area contributed by atoms with Crippen LogP contribution in [0.3, 0.4) is 0 Å². The van der Waals surface area contributed by atoms with E-state index in [0.29, 0.717) is 15.9 Å². The molecule has 0 radical (unpaired) electrons. The van der Waals surface area contributed by atoms with E-state index in [1.54, 1.807) is 10.7 Å². The van der Waals surface area contributed by atoms with Crippen LogP contribution in [-0.2, 0) is 6.18 Å².